The lowest BCUT2D eigenvalue weighted by Gasteiger charge is -2.18. The highest BCUT2D eigenvalue weighted by Crippen LogP contribution is 2.31. The molecule has 0 amide bonds. The van der Waals surface area contributed by atoms with Crippen LogP contribution in [0.25, 0.3) is 0 Å². The Morgan fingerprint density at radius 2 is 2.04 bits per heavy atom. The van der Waals surface area contributed by atoms with E-state index in [2.05, 4.69) is 11.3 Å². The van der Waals surface area contributed by atoms with Crippen molar-refractivity contribution in [1.29, 1.82) is 0 Å². The minimum absolute atomic E-state index is 0.0850. The van der Waals surface area contributed by atoms with Crippen LogP contribution in [0, 0.1) is 5.92 Å². The molecule has 25 heavy (non-hydrogen) atoms. The van der Waals surface area contributed by atoms with E-state index in [1.165, 1.54) is 4.31 Å². The first-order valence-electron chi connectivity index (χ1n) is 7.98. The Labute approximate surface area is 155 Å². The molecule has 9 heteroatoms. The van der Waals surface area contributed by atoms with Gasteiger partial charge in [0.25, 0.3) is 0 Å². The first kappa shape index (κ1) is 20.4. The van der Waals surface area contributed by atoms with Crippen LogP contribution >= 0.6 is 11.6 Å². The highest BCUT2D eigenvalue weighted by molar-refractivity contribution is 7.92. The van der Waals surface area contributed by atoms with Crippen molar-refractivity contribution in [3.63, 3.8) is 0 Å². The Morgan fingerprint density at radius 1 is 1.36 bits per heavy atom. The van der Waals surface area contributed by atoms with Crippen LogP contribution in [0.2, 0.25) is 5.02 Å². The Bertz CT molecular complexity index is 851. The number of nitrogens with zero attached hydrogens (tertiary/aromatic N) is 1. The average molecular weight is 407 g/mol. The monoisotopic (exact) mass is 406 g/mol. The number of hydrogen-bond donors (Lipinski definition) is 1. The second-order valence-electron chi connectivity index (χ2n) is 6.42. The summed E-state index contributed by atoms with van der Waals surface area (Å²) in [5.74, 6) is 0.168. The van der Waals surface area contributed by atoms with Crippen molar-refractivity contribution in [2.45, 2.75) is 31.1 Å². The fourth-order valence-corrected chi connectivity index (χ4v) is 5.34. The van der Waals surface area contributed by atoms with Gasteiger partial charge in [0.1, 0.15) is 4.90 Å². The SMILES string of the molecule is C=CS(=O)(=O)NC[C@H]1CCN(S(=O)(=O)c2ccc(C(C)C)cc2Cl)C1. The molecule has 1 N–H and O–H groups in total. The first-order chi connectivity index (χ1) is 11.6. The van der Waals surface area contributed by atoms with Gasteiger partial charge in [-0.1, -0.05) is 38.1 Å². The quantitative estimate of drug-likeness (QED) is 0.754. The molecule has 2 rings (SSSR count). The van der Waals surface area contributed by atoms with Gasteiger partial charge in [0.2, 0.25) is 20.0 Å². The van der Waals surface area contributed by atoms with Gasteiger partial charge in [-0.3, -0.25) is 0 Å². The normalized spacial score (nSPS) is 19.4. The summed E-state index contributed by atoms with van der Waals surface area (Å²) < 4.78 is 52.2. The zero-order chi connectivity index (χ0) is 18.8. The van der Waals surface area contributed by atoms with E-state index in [-0.39, 0.29) is 34.8 Å². The lowest BCUT2D eigenvalue weighted by molar-refractivity contribution is 0.455. The largest absolute Gasteiger partial charge is 0.244 e. The highest BCUT2D eigenvalue weighted by Gasteiger charge is 2.34. The average Bonchev–Trinajstić information content (AvgIpc) is 3.02. The van der Waals surface area contributed by atoms with Gasteiger partial charge in [-0.2, -0.15) is 4.31 Å². The molecule has 1 saturated heterocycles. The fourth-order valence-electron chi connectivity index (χ4n) is 2.70. The molecule has 0 saturated carbocycles. The molecule has 0 aromatic heterocycles. The van der Waals surface area contributed by atoms with Gasteiger partial charge in [-0.25, -0.2) is 21.6 Å². The van der Waals surface area contributed by atoms with Gasteiger partial charge >= 0.3 is 0 Å². The van der Waals surface area contributed by atoms with Gasteiger partial charge in [-0.05, 0) is 36.0 Å². The van der Waals surface area contributed by atoms with E-state index < -0.39 is 20.0 Å². The number of hydrogen-bond acceptors (Lipinski definition) is 4. The molecule has 0 aliphatic carbocycles. The predicted octanol–water partition coefficient (Wildman–Crippen LogP) is 2.54. The fraction of sp³-hybridized carbons (Fsp3) is 0.500. The molecule has 1 aliphatic heterocycles. The number of nitrogens with one attached hydrogen (secondary N) is 1. The Hall–Kier alpha value is -0.930. The standard InChI is InChI=1S/C16H23ClN2O4S2/c1-4-24(20,21)18-10-13-7-8-19(11-13)25(22,23)16-6-5-14(12(2)3)9-15(16)17/h4-6,9,12-13,18H,1,7-8,10-11H2,2-3H3/t13-/m1/s1. The molecule has 1 aromatic carbocycles. The molecule has 0 unspecified atom stereocenters. The molecule has 0 bridgehead atoms. The van der Waals surface area contributed by atoms with Gasteiger partial charge in [0, 0.05) is 25.0 Å². The van der Waals surface area contributed by atoms with Crippen molar-refractivity contribution in [2.75, 3.05) is 19.6 Å². The molecule has 1 fully saturated rings. The summed E-state index contributed by atoms with van der Waals surface area (Å²) in [4.78, 5) is 0.0888. The van der Waals surface area contributed by atoms with Crippen molar-refractivity contribution >= 4 is 31.6 Å². The predicted molar refractivity (Wildman–Crippen MR) is 99.5 cm³/mol. The van der Waals surface area contributed by atoms with E-state index >= 15 is 0 Å². The van der Waals surface area contributed by atoms with E-state index in [9.17, 15) is 16.8 Å². The molecule has 1 heterocycles. The number of rotatable bonds is 7. The van der Waals surface area contributed by atoms with E-state index in [0.717, 1.165) is 11.0 Å². The van der Waals surface area contributed by atoms with Crippen molar-refractivity contribution in [1.82, 2.24) is 9.03 Å². The summed E-state index contributed by atoms with van der Waals surface area (Å²) in [5, 5.41) is 1.05. The van der Waals surface area contributed by atoms with E-state index in [4.69, 9.17) is 11.6 Å². The van der Waals surface area contributed by atoms with Crippen molar-refractivity contribution in [3.05, 3.63) is 40.8 Å². The first-order valence-corrected chi connectivity index (χ1v) is 11.3. The van der Waals surface area contributed by atoms with Crippen LogP contribution in [-0.4, -0.2) is 40.8 Å². The number of benzene rings is 1. The van der Waals surface area contributed by atoms with Crippen LogP contribution in [0.5, 0.6) is 0 Å². The minimum atomic E-state index is -3.70. The maximum absolute atomic E-state index is 12.8. The van der Waals surface area contributed by atoms with Crippen LogP contribution in [0.4, 0.5) is 0 Å². The van der Waals surface area contributed by atoms with E-state index in [1.54, 1.807) is 18.2 Å². The molecular weight excluding hydrogens is 384 g/mol. The molecule has 1 aromatic rings. The minimum Gasteiger partial charge on any atom is -0.211 e. The van der Waals surface area contributed by atoms with Crippen LogP contribution in [0.3, 0.4) is 0 Å². The zero-order valence-corrected chi connectivity index (χ0v) is 16.7. The topological polar surface area (TPSA) is 83.6 Å². The highest BCUT2D eigenvalue weighted by atomic mass is 35.5. The molecule has 0 radical (unpaired) electrons. The van der Waals surface area contributed by atoms with Gasteiger partial charge in [0.15, 0.2) is 0 Å². The molecule has 140 valence electrons. The van der Waals surface area contributed by atoms with Crippen molar-refractivity contribution < 1.29 is 16.8 Å². The lowest BCUT2D eigenvalue weighted by Crippen LogP contribution is -2.32. The lowest BCUT2D eigenvalue weighted by atomic mass is 10.0. The molecular formula is C16H23ClN2O4S2. The molecule has 6 nitrogen and oxygen atoms in total. The summed E-state index contributed by atoms with van der Waals surface area (Å²) in [5.41, 5.74) is 0.974. The summed E-state index contributed by atoms with van der Waals surface area (Å²) in [7, 11) is -7.21. The van der Waals surface area contributed by atoms with Gasteiger partial charge in [-0.15, -0.1) is 0 Å². The zero-order valence-electron chi connectivity index (χ0n) is 14.3. The number of sulfonamides is 2. The van der Waals surface area contributed by atoms with Gasteiger partial charge in [0.05, 0.1) is 5.02 Å². The molecule has 1 atom stereocenters. The third-order valence-electron chi connectivity index (χ3n) is 4.28. The van der Waals surface area contributed by atoms with Gasteiger partial charge < -0.3 is 0 Å². The third kappa shape index (κ3) is 4.83. The van der Waals surface area contributed by atoms with E-state index in [1.807, 2.05) is 13.8 Å². The maximum atomic E-state index is 12.8. The van der Waals surface area contributed by atoms with Crippen molar-refractivity contribution in [3.8, 4) is 0 Å². The third-order valence-corrected chi connectivity index (χ3v) is 7.64. The van der Waals surface area contributed by atoms with Crippen LogP contribution in [-0.2, 0) is 20.0 Å². The summed E-state index contributed by atoms with van der Waals surface area (Å²) in [6.45, 7) is 8.02. The van der Waals surface area contributed by atoms with Crippen LogP contribution in [0.1, 0.15) is 31.7 Å². The van der Waals surface area contributed by atoms with E-state index in [0.29, 0.717) is 13.0 Å². The number of halogens is 1. The second kappa shape index (κ2) is 7.75. The Balaban J connectivity index is 2.12. The maximum Gasteiger partial charge on any atom is 0.244 e. The van der Waals surface area contributed by atoms with Crippen molar-refractivity contribution in [2.24, 2.45) is 5.92 Å². The summed E-state index contributed by atoms with van der Waals surface area (Å²) >= 11 is 6.20. The molecule has 0 spiro atoms. The molecule has 1 aliphatic rings. The Morgan fingerprint density at radius 3 is 2.60 bits per heavy atom. The smallest absolute Gasteiger partial charge is 0.211 e. The van der Waals surface area contributed by atoms with Crippen LogP contribution < -0.4 is 4.72 Å². The summed E-state index contributed by atoms with van der Waals surface area (Å²) in [6, 6.07) is 5.00. The summed E-state index contributed by atoms with van der Waals surface area (Å²) in [6.07, 6.45) is 0.584. The van der Waals surface area contributed by atoms with Crippen LogP contribution in [0.15, 0.2) is 35.1 Å². The Kier molecular flexibility index (Phi) is 6.32. The second-order valence-corrected chi connectivity index (χ2v) is 10.4.